The molecule has 4 rings (SSSR count). The number of amides is 1. The Morgan fingerprint density at radius 3 is 2.39 bits per heavy atom. The first-order chi connectivity index (χ1) is 37.9. The van der Waals surface area contributed by atoms with Crippen LogP contribution in [0.15, 0.2) is 47.6 Å². The number of methoxy groups -OCH3 is 3. The summed E-state index contributed by atoms with van der Waals surface area (Å²) in [7, 11) is -4.66. The molecule has 3 aliphatic heterocycles. The summed E-state index contributed by atoms with van der Waals surface area (Å²) in [6.45, 7) is 4.44. The van der Waals surface area contributed by atoms with E-state index in [1.807, 2.05) is 0 Å². The highest BCUT2D eigenvalue weighted by molar-refractivity contribution is 7.57. The van der Waals surface area contributed by atoms with Gasteiger partial charge in [-0.1, -0.05) is 77.9 Å². The molecule has 4 aliphatic rings. The second-order valence-electron chi connectivity index (χ2n) is 19.7. The van der Waals surface area contributed by atoms with Crippen LogP contribution in [0.4, 0.5) is 0 Å². The van der Waals surface area contributed by atoms with Crippen LogP contribution in [0.3, 0.4) is 0 Å². The average molecular weight is 1020 g/mol. The average Bonchev–Trinajstić information content (AvgIpc) is 3.37. The van der Waals surface area contributed by atoms with Crippen LogP contribution in [0.25, 0.3) is 0 Å². The van der Waals surface area contributed by atoms with Crippen LogP contribution in [-0.4, -0.2) is 140 Å². The maximum atomic E-state index is 14.7. The minimum absolute atomic E-state index is 0.0949. The summed E-state index contributed by atoms with van der Waals surface area (Å²) in [5.41, 5.74) is 0.0680. The maximum absolute atomic E-state index is 14.7. The maximum Gasteiger partial charge on any atom is 0.329 e. The molecule has 3 heterocycles. The van der Waals surface area contributed by atoms with Crippen molar-refractivity contribution < 1.29 is 84.8 Å². The molecule has 70 heavy (non-hydrogen) atoms. The number of nitrogens with zero attached hydrogens (tertiary/aromatic N) is 1. The number of ketones is 3. The molecule has 15 nitrogen and oxygen atoms in total. The summed E-state index contributed by atoms with van der Waals surface area (Å²) in [6, 6.07) is -1.54. The highest BCUT2D eigenvalue weighted by Gasteiger charge is 2.53. The van der Waals surface area contributed by atoms with E-state index < -0.39 is 173 Å². The van der Waals surface area contributed by atoms with E-state index in [4.69, 9.17) is 43.3 Å². The third-order valence-corrected chi connectivity index (χ3v) is 15.1. The van der Waals surface area contributed by atoms with E-state index in [0.717, 1.165) is 31.7 Å². The monoisotopic (exact) mass is 1020 g/mol. The number of rotatable bonds is 8. The molecule has 1 amide bonds. The fraction of sp³-hybridized carbons (Fsp3) is 0.759. The van der Waals surface area contributed by atoms with E-state index in [0.29, 0.717) is 12.8 Å². The largest absolute Gasteiger partial charge is 0.460 e. The normalized spacial score (nSPS) is 46.5. The Balaban J connectivity index is 1.88. The molecule has 0 aromatic heterocycles. The standard InChI is InChI=1S/C54H86NO14P/c1-32-19-15-14-16-20-33(2)45(64-9)30-41-24-22-37(6)54(62,68-41)51(59)52(60)55-26-18-17-21-42(55)53(61)67-46(35(4)28-40-23-25-44(47(29-40)65-10)69-70(12,13)63)31-43(56)34(3)27-36(5)48(57)50(66-11)49(58)39(8)38(32)7/h14-16,19-20,27,32,34-35,37-42,44-48,50,57,62H,17-18,21-26,28-31H2,1-13H3/b16-14+,19-15+,33-20+,36-27+/t32-,34-,35-,37-,38?,39-,40+,41+,42+,44-,45+,46+,47-,48-,50-,54-/m1/s1/i3D3,9D3,12D3,22D2,32D,38D/t32-,34-,35-,37-,38?,39-,40+,41+,42+,44-,45+,46+,47-,48-,50-,54-,70?. The molecule has 2 unspecified atom stereocenters. The lowest BCUT2D eigenvalue weighted by Gasteiger charge is -2.42. The van der Waals surface area contributed by atoms with Crippen molar-refractivity contribution in [1.82, 2.24) is 4.90 Å². The van der Waals surface area contributed by atoms with Crippen LogP contribution in [0, 0.1) is 41.4 Å². The Bertz CT molecular complexity index is 2500. The van der Waals surface area contributed by atoms with E-state index in [1.165, 1.54) is 72.1 Å². The number of ether oxygens (including phenoxy) is 5. The summed E-state index contributed by atoms with van der Waals surface area (Å²) >= 11 is 0. The lowest BCUT2D eigenvalue weighted by molar-refractivity contribution is -0.265. The number of fused-ring (bicyclic) bond motifs is 3. The van der Waals surface area contributed by atoms with Crippen molar-refractivity contribution in [3.8, 4) is 0 Å². The second kappa shape index (κ2) is 26.7. The number of carbonyl (C=O) groups excluding carboxylic acids is 5. The molecular formula is C54H86NO14P. The number of esters is 1. The van der Waals surface area contributed by atoms with Crippen molar-refractivity contribution in [3.05, 3.63) is 47.6 Å². The Labute approximate surface area is 436 Å². The van der Waals surface area contributed by atoms with E-state index in [2.05, 4.69) is 0 Å². The molecule has 2 saturated heterocycles. The van der Waals surface area contributed by atoms with Gasteiger partial charge in [0.05, 0.1) is 28.5 Å². The molecule has 2 N–H and O–H groups in total. The summed E-state index contributed by atoms with van der Waals surface area (Å²) in [6.07, 6.45) is -4.15. The lowest BCUT2D eigenvalue weighted by atomic mass is 9.78. The van der Waals surface area contributed by atoms with Gasteiger partial charge in [-0.05, 0) is 106 Å². The highest BCUT2D eigenvalue weighted by Crippen LogP contribution is 2.45. The minimum Gasteiger partial charge on any atom is -0.460 e. The van der Waals surface area contributed by atoms with Crippen LogP contribution in [0.2, 0.25) is 0 Å². The number of Topliss-reactive ketones (excluding diaryl/α,β-unsaturated/α-hetero) is 3. The predicted octanol–water partition coefficient (Wildman–Crippen LogP) is 7.99. The smallest absolute Gasteiger partial charge is 0.329 e. The van der Waals surface area contributed by atoms with Gasteiger partial charge in [-0.25, -0.2) is 4.79 Å². The van der Waals surface area contributed by atoms with Gasteiger partial charge in [0.25, 0.3) is 11.7 Å². The Morgan fingerprint density at radius 2 is 1.71 bits per heavy atom. The number of hydrogen-bond acceptors (Lipinski definition) is 14. The molecule has 3 fully saturated rings. The summed E-state index contributed by atoms with van der Waals surface area (Å²) in [5, 5.41) is 23.9. The van der Waals surface area contributed by atoms with Gasteiger partial charge in [-0.15, -0.1) is 0 Å². The number of cyclic esters (lactones) is 1. The van der Waals surface area contributed by atoms with Gasteiger partial charge in [0.1, 0.15) is 30.1 Å². The summed E-state index contributed by atoms with van der Waals surface area (Å²) < 4.78 is 156. The highest BCUT2D eigenvalue weighted by atomic mass is 31.2. The van der Waals surface area contributed by atoms with Crippen molar-refractivity contribution in [2.75, 3.05) is 41.1 Å². The number of piperidine rings is 1. The second-order valence-corrected chi connectivity index (χ2v) is 21.6. The zero-order chi connectivity index (χ0) is 63.4. The van der Waals surface area contributed by atoms with Crippen LogP contribution in [0.5, 0.6) is 0 Å². The van der Waals surface area contributed by atoms with Gasteiger partial charge >= 0.3 is 5.97 Å². The van der Waals surface area contributed by atoms with Gasteiger partial charge in [-0.3, -0.25) is 23.7 Å². The molecule has 396 valence electrons. The molecule has 16 heteroatoms. The SMILES string of the molecule is [2H]C([2H])([2H])O[C@H]1C[C@@H]2CC([2H])([2H])[C@@H](C)[C@@](O)(O2)C(=O)C(=O)N2CCCC[C@H]2C(=O)O[C@H]([C@H](C)C[C@@H]2CC[C@@H](OP(C)(=O)C([2H])([2H])[2H])[C@H](OC)C2)CC(=O)[C@H](C([2H])([2H])[2H])/C=C(\C)[C@@H](O)[C@@H](OC)C(=O)[C@H](C)C([2H])(C)[C@]([2H])(C)/C=C/C=C/C=C/1C. The third-order valence-electron chi connectivity index (χ3n) is 14.4. The molecular weight excluding hydrogens is 918 g/mol. The molecule has 1 aliphatic carbocycles. The number of hydrogen-bond donors (Lipinski definition) is 2. The first kappa shape index (κ1) is 42.2. The minimum atomic E-state index is -4.13. The molecule has 2 bridgehead atoms. The van der Waals surface area contributed by atoms with Crippen molar-refractivity contribution >= 4 is 36.6 Å². The van der Waals surface area contributed by atoms with Crippen molar-refractivity contribution in [3.63, 3.8) is 0 Å². The summed E-state index contributed by atoms with van der Waals surface area (Å²) in [5.74, 6) is -19.1. The quantitative estimate of drug-likeness (QED) is 0.103. The van der Waals surface area contributed by atoms with Gasteiger partial charge < -0.3 is 43.3 Å². The predicted molar refractivity (Wildman–Crippen MR) is 268 cm³/mol. The molecule has 17 atom stereocenters. The molecule has 0 aromatic carbocycles. The molecule has 0 radical (unpaired) electrons. The molecule has 0 spiro atoms. The first-order valence-corrected chi connectivity index (χ1v) is 26.4. The number of aliphatic hydroxyl groups is 2. The number of carbonyl (C=O) groups is 5. The number of aliphatic hydroxyl groups excluding tert-OH is 1. The lowest BCUT2D eigenvalue weighted by Crippen LogP contribution is -2.61. The van der Waals surface area contributed by atoms with E-state index in [1.54, 1.807) is 6.92 Å². The van der Waals surface area contributed by atoms with Crippen molar-refractivity contribution in [2.45, 2.75) is 180 Å². The fourth-order valence-corrected chi connectivity index (χ4v) is 10.5. The fourth-order valence-electron chi connectivity index (χ4n) is 9.71. The zero-order valence-corrected chi connectivity index (χ0v) is 43.3. The Hall–Kier alpha value is -3.14. The van der Waals surface area contributed by atoms with Crippen molar-refractivity contribution in [1.29, 1.82) is 0 Å². The van der Waals surface area contributed by atoms with E-state index in [-0.39, 0.29) is 55.7 Å². The van der Waals surface area contributed by atoms with Crippen LogP contribution in [-0.2, 0) is 56.7 Å². The van der Waals surface area contributed by atoms with Crippen LogP contribution >= 0.6 is 7.37 Å². The van der Waals surface area contributed by atoms with Gasteiger partial charge in [-0.2, -0.15) is 0 Å². The third kappa shape index (κ3) is 15.7. The van der Waals surface area contributed by atoms with Crippen LogP contribution in [0.1, 0.15) is 144 Å². The Morgan fingerprint density at radius 1 is 0.971 bits per heavy atom. The van der Waals surface area contributed by atoms with Gasteiger partial charge in [0, 0.05) is 85.4 Å². The Kier molecular flexibility index (Phi) is 16.1. The van der Waals surface area contributed by atoms with Gasteiger partial charge in [0.15, 0.2) is 13.2 Å². The molecule has 0 aromatic rings. The van der Waals surface area contributed by atoms with Crippen molar-refractivity contribution in [2.24, 2.45) is 41.4 Å². The van der Waals surface area contributed by atoms with Crippen LogP contribution < -0.4 is 0 Å². The zero-order valence-electron chi connectivity index (χ0n) is 55.4. The summed E-state index contributed by atoms with van der Waals surface area (Å²) in [4.78, 5) is 73.6. The first-order valence-electron chi connectivity index (χ1n) is 30.8. The van der Waals surface area contributed by atoms with E-state index >= 15 is 0 Å². The van der Waals surface area contributed by atoms with Gasteiger partial charge in [0.2, 0.25) is 5.79 Å². The topological polar surface area (TPSA) is 201 Å². The van der Waals surface area contributed by atoms with E-state index in [9.17, 15) is 41.5 Å². The number of allylic oxidation sites excluding steroid dienone is 6. The molecule has 1 saturated carbocycles.